The van der Waals surface area contributed by atoms with E-state index in [1.54, 1.807) is 0 Å². The van der Waals surface area contributed by atoms with E-state index < -0.39 is 0 Å². The number of hydrogen-bond donors (Lipinski definition) is 1. The average Bonchev–Trinajstić information content (AvgIpc) is 2.91. The van der Waals surface area contributed by atoms with Crippen molar-refractivity contribution < 1.29 is 0 Å². The van der Waals surface area contributed by atoms with Crippen LogP contribution in [0.15, 0.2) is 36.8 Å². The fourth-order valence-corrected chi connectivity index (χ4v) is 2.72. The molecule has 0 aliphatic rings. The van der Waals surface area contributed by atoms with Crippen LogP contribution in [0, 0.1) is 0 Å². The van der Waals surface area contributed by atoms with Crippen LogP contribution in [-0.4, -0.2) is 14.8 Å². The third kappa shape index (κ3) is 2.50. The molecule has 1 aromatic carbocycles. The highest BCUT2D eigenvalue weighted by atomic mass is 15.2. The maximum Gasteiger partial charge on any atom is 0.0618 e. The van der Waals surface area contributed by atoms with Crippen molar-refractivity contribution in [1.82, 2.24) is 14.8 Å². The lowest BCUT2D eigenvalue weighted by molar-refractivity contribution is 0.591. The highest BCUT2D eigenvalue weighted by Gasteiger charge is 2.16. The molecule has 4 nitrogen and oxygen atoms in total. The Morgan fingerprint density at radius 1 is 1.14 bits per heavy atom. The van der Waals surface area contributed by atoms with Gasteiger partial charge in [-0.25, -0.2) is 0 Å². The first kappa shape index (κ1) is 14.7. The second-order valence-corrected chi connectivity index (χ2v) is 6.74. The van der Waals surface area contributed by atoms with Crippen LogP contribution >= 0.6 is 0 Å². The number of nitrogens with zero attached hydrogens (tertiary/aromatic N) is 3. The van der Waals surface area contributed by atoms with Gasteiger partial charge in [0.05, 0.1) is 11.9 Å². The molecule has 0 spiro atoms. The summed E-state index contributed by atoms with van der Waals surface area (Å²) >= 11 is 0. The average molecular weight is 294 g/mol. The molecule has 0 saturated heterocycles. The molecule has 0 amide bonds. The summed E-state index contributed by atoms with van der Waals surface area (Å²) < 4.78 is 1.81. The molecule has 0 aliphatic carbocycles. The number of pyridine rings is 1. The van der Waals surface area contributed by atoms with Crippen molar-refractivity contribution in [1.29, 1.82) is 0 Å². The molecule has 0 saturated carbocycles. The Kier molecular flexibility index (Phi) is 3.49. The molecule has 0 atom stereocenters. The molecule has 2 heterocycles. The Labute approximate surface area is 131 Å². The van der Waals surface area contributed by atoms with Crippen molar-refractivity contribution >= 4 is 10.8 Å². The molecular weight excluding hydrogens is 272 g/mol. The van der Waals surface area contributed by atoms with Gasteiger partial charge in [0.25, 0.3) is 0 Å². The zero-order chi connectivity index (χ0) is 15.9. The van der Waals surface area contributed by atoms with Gasteiger partial charge in [0.2, 0.25) is 0 Å². The predicted octanol–water partition coefficient (Wildman–Crippen LogP) is 3.39. The minimum atomic E-state index is 0.102. The minimum Gasteiger partial charge on any atom is -0.325 e. The van der Waals surface area contributed by atoms with E-state index in [0.717, 1.165) is 22.2 Å². The van der Waals surface area contributed by atoms with E-state index in [4.69, 9.17) is 5.73 Å². The molecule has 0 radical (unpaired) electrons. The van der Waals surface area contributed by atoms with Crippen LogP contribution in [0.5, 0.6) is 0 Å². The first-order valence-corrected chi connectivity index (χ1v) is 7.51. The Morgan fingerprint density at radius 3 is 2.50 bits per heavy atom. The van der Waals surface area contributed by atoms with Crippen LogP contribution in [-0.2, 0) is 19.0 Å². The molecule has 114 valence electrons. The maximum atomic E-state index is 5.89. The van der Waals surface area contributed by atoms with Gasteiger partial charge in [-0.2, -0.15) is 5.10 Å². The lowest BCUT2D eigenvalue weighted by atomic mass is 9.85. The monoisotopic (exact) mass is 294 g/mol. The maximum absolute atomic E-state index is 5.89. The summed E-state index contributed by atoms with van der Waals surface area (Å²) in [5.74, 6) is 0. The lowest BCUT2D eigenvalue weighted by Crippen LogP contribution is -2.11. The number of benzene rings is 1. The largest absolute Gasteiger partial charge is 0.325 e. The Bertz CT molecular complexity index is 825. The van der Waals surface area contributed by atoms with E-state index in [0.29, 0.717) is 6.54 Å². The first-order chi connectivity index (χ1) is 10.4. The zero-order valence-corrected chi connectivity index (χ0v) is 13.6. The summed E-state index contributed by atoms with van der Waals surface area (Å²) in [4.78, 5) is 4.57. The van der Waals surface area contributed by atoms with Gasteiger partial charge in [0.1, 0.15) is 0 Å². The van der Waals surface area contributed by atoms with E-state index in [1.807, 2.05) is 30.3 Å². The van der Waals surface area contributed by atoms with Crippen LogP contribution in [0.2, 0.25) is 0 Å². The van der Waals surface area contributed by atoms with Crippen LogP contribution < -0.4 is 5.73 Å². The molecule has 3 rings (SSSR count). The van der Waals surface area contributed by atoms with Crippen molar-refractivity contribution in [2.45, 2.75) is 32.7 Å². The first-order valence-electron chi connectivity index (χ1n) is 7.51. The van der Waals surface area contributed by atoms with Crippen molar-refractivity contribution in [2.24, 2.45) is 12.8 Å². The molecule has 4 heteroatoms. The molecular formula is C18H22N4. The Balaban J connectivity index is 2.29. The summed E-state index contributed by atoms with van der Waals surface area (Å²) in [6.45, 7) is 7.09. The normalized spacial score (nSPS) is 12.0. The van der Waals surface area contributed by atoms with Crippen molar-refractivity contribution in [3.63, 3.8) is 0 Å². The van der Waals surface area contributed by atoms with E-state index >= 15 is 0 Å². The van der Waals surface area contributed by atoms with Gasteiger partial charge in [-0.1, -0.05) is 32.9 Å². The van der Waals surface area contributed by atoms with Crippen molar-refractivity contribution in [3.8, 4) is 11.1 Å². The highest BCUT2D eigenvalue weighted by molar-refractivity contribution is 5.97. The fourth-order valence-electron chi connectivity index (χ4n) is 2.72. The van der Waals surface area contributed by atoms with Crippen molar-refractivity contribution in [3.05, 3.63) is 48.0 Å². The number of hydrogen-bond acceptors (Lipinski definition) is 3. The van der Waals surface area contributed by atoms with Crippen LogP contribution in [0.1, 0.15) is 32.0 Å². The van der Waals surface area contributed by atoms with E-state index in [2.05, 4.69) is 49.1 Å². The molecule has 0 aliphatic heterocycles. The topological polar surface area (TPSA) is 56.7 Å². The summed E-state index contributed by atoms with van der Waals surface area (Å²) in [6, 6.07) is 6.60. The van der Waals surface area contributed by atoms with E-state index in [9.17, 15) is 0 Å². The number of rotatable bonds is 2. The van der Waals surface area contributed by atoms with Crippen molar-refractivity contribution in [2.75, 3.05) is 0 Å². The van der Waals surface area contributed by atoms with E-state index in [-0.39, 0.29) is 5.41 Å². The Morgan fingerprint density at radius 2 is 1.91 bits per heavy atom. The molecule has 0 fully saturated rings. The smallest absolute Gasteiger partial charge is 0.0618 e. The summed E-state index contributed by atoms with van der Waals surface area (Å²) in [6.07, 6.45) is 5.78. The van der Waals surface area contributed by atoms with Gasteiger partial charge in [-0.15, -0.1) is 0 Å². The highest BCUT2D eigenvalue weighted by Crippen LogP contribution is 2.32. The standard InChI is InChI=1S/C18H22N4/c1-18(2,3)13-5-6-14-15(7-13)17(8-19)20-10-16(14)12-9-21-22(4)11-12/h5-7,9-11H,8,19H2,1-4H3. The SMILES string of the molecule is Cn1cc(-c2cnc(CN)c3cc(C(C)(C)C)ccc23)cn1. The summed E-state index contributed by atoms with van der Waals surface area (Å²) in [5, 5.41) is 6.58. The molecule has 0 unspecified atom stereocenters. The zero-order valence-electron chi connectivity index (χ0n) is 13.6. The Hall–Kier alpha value is -2.20. The van der Waals surface area contributed by atoms with Crippen LogP contribution in [0.25, 0.3) is 21.9 Å². The second kappa shape index (κ2) is 5.21. The number of aryl methyl sites for hydroxylation is 1. The van der Waals surface area contributed by atoms with Crippen LogP contribution in [0.4, 0.5) is 0 Å². The third-order valence-electron chi connectivity index (χ3n) is 4.05. The molecule has 3 aromatic rings. The molecule has 2 aromatic heterocycles. The molecule has 22 heavy (non-hydrogen) atoms. The minimum absolute atomic E-state index is 0.102. The van der Waals surface area contributed by atoms with Gasteiger partial charge in [-0.05, 0) is 22.4 Å². The molecule has 2 N–H and O–H groups in total. The van der Waals surface area contributed by atoms with Gasteiger partial charge in [0, 0.05) is 42.5 Å². The quantitative estimate of drug-likeness (QED) is 0.788. The summed E-state index contributed by atoms with van der Waals surface area (Å²) in [5.41, 5.74) is 10.4. The number of aromatic nitrogens is 3. The second-order valence-electron chi connectivity index (χ2n) is 6.74. The van der Waals surface area contributed by atoms with Gasteiger partial charge >= 0.3 is 0 Å². The number of nitrogens with two attached hydrogens (primary N) is 1. The number of fused-ring (bicyclic) bond motifs is 1. The van der Waals surface area contributed by atoms with Gasteiger partial charge < -0.3 is 5.73 Å². The van der Waals surface area contributed by atoms with Gasteiger partial charge in [-0.3, -0.25) is 9.67 Å². The summed E-state index contributed by atoms with van der Waals surface area (Å²) in [7, 11) is 1.92. The third-order valence-corrected chi connectivity index (χ3v) is 4.05. The van der Waals surface area contributed by atoms with Crippen LogP contribution in [0.3, 0.4) is 0 Å². The fraction of sp³-hybridized carbons (Fsp3) is 0.333. The van der Waals surface area contributed by atoms with Gasteiger partial charge in [0.15, 0.2) is 0 Å². The molecule has 0 bridgehead atoms. The predicted molar refractivity (Wildman–Crippen MR) is 90.5 cm³/mol. The van der Waals surface area contributed by atoms with E-state index in [1.165, 1.54) is 10.9 Å². The lowest BCUT2D eigenvalue weighted by Gasteiger charge is -2.20.